The molecule has 0 bridgehead atoms. The number of rotatable bonds is 6. The SMILES string of the molecule is COc1ccccc1[C@@H](C)NC(=O)[C@H]1CCCN(Cc2ccccc2Cl)C1. The van der Waals surface area contributed by atoms with Gasteiger partial charge in [0.15, 0.2) is 0 Å². The van der Waals surface area contributed by atoms with Gasteiger partial charge >= 0.3 is 0 Å². The summed E-state index contributed by atoms with van der Waals surface area (Å²) in [6.07, 6.45) is 1.94. The predicted molar refractivity (Wildman–Crippen MR) is 109 cm³/mol. The number of benzene rings is 2. The molecule has 4 nitrogen and oxygen atoms in total. The van der Waals surface area contributed by atoms with Gasteiger partial charge in [0.05, 0.1) is 19.1 Å². The average Bonchev–Trinajstić information content (AvgIpc) is 2.70. The fourth-order valence-corrected chi connectivity index (χ4v) is 3.91. The Hall–Kier alpha value is -2.04. The van der Waals surface area contributed by atoms with Crippen LogP contribution < -0.4 is 10.1 Å². The molecule has 1 amide bonds. The third-order valence-electron chi connectivity index (χ3n) is 5.19. The van der Waals surface area contributed by atoms with Gasteiger partial charge in [-0.2, -0.15) is 0 Å². The lowest BCUT2D eigenvalue weighted by Gasteiger charge is -2.33. The highest BCUT2D eigenvalue weighted by atomic mass is 35.5. The monoisotopic (exact) mass is 386 g/mol. The fraction of sp³-hybridized carbons (Fsp3) is 0.409. The van der Waals surface area contributed by atoms with Crippen LogP contribution in [0.4, 0.5) is 0 Å². The van der Waals surface area contributed by atoms with Gasteiger partial charge in [0.2, 0.25) is 5.91 Å². The van der Waals surface area contributed by atoms with E-state index in [9.17, 15) is 4.79 Å². The van der Waals surface area contributed by atoms with Crippen molar-refractivity contribution in [3.63, 3.8) is 0 Å². The first-order valence-corrected chi connectivity index (χ1v) is 9.85. The minimum Gasteiger partial charge on any atom is -0.496 e. The van der Waals surface area contributed by atoms with Crippen LogP contribution in [0, 0.1) is 5.92 Å². The third-order valence-corrected chi connectivity index (χ3v) is 5.56. The van der Waals surface area contributed by atoms with Crippen molar-refractivity contribution >= 4 is 17.5 Å². The Morgan fingerprint density at radius 1 is 1.26 bits per heavy atom. The molecular weight excluding hydrogens is 360 g/mol. The zero-order valence-electron chi connectivity index (χ0n) is 16.0. The molecule has 0 unspecified atom stereocenters. The van der Waals surface area contributed by atoms with E-state index in [1.54, 1.807) is 7.11 Å². The van der Waals surface area contributed by atoms with Gasteiger partial charge in [-0.1, -0.05) is 48.0 Å². The maximum Gasteiger partial charge on any atom is 0.224 e. The van der Waals surface area contributed by atoms with Crippen molar-refractivity contribution in [2.75, 3.05) is 20.2 Å². The average molecular weight is 387 g/mol. The third kappa shape index (κ3) is 5.02. The Bertz CT molecular complexity index is 780. The Morgan fingerprint density at radius 2 is 2.00 bits per heavy atom. The molecule has 27 heavy (non-hydrogen) atoms. The summed E-state index contributed by atoms with van der Waals surface area (Å²) in [5.74, 6) is 0.907. The highest BCUT2D eigenvalue weighted by molar-refractivity contribution is 6.31. The largest absolute Gasteiger partial charge is 0.496 e. The molecule has 1 heterocycles. The fourth-order valence-electron chi connectivity index (χ4n) is 3.71. The Labute approximate surface area is 166 Å². The van der Waals surface area contributed by atoms with Crippen LogP contribution in [0.2, 0.25) is 5.02 Å². The number of carbonyl (C=O) groups excluding carboxylic acids is 1. The number of ether oxygens (including phenoxy) is 1. The molecule has 2 aromatic rings. The number of methoxy groups -OCH3 is 1. The van der Waals surface area contributed by atoms with E-state index in [-0.39, 0.29) is 17.9 Å². The van der Waals surface area contributed by atoms with E-state index in [1.165, 1.54) is 0 Å². The van der Waals surface area contributed by atoms with E-state index in [0.717, 1.165) is 54.4 Å². The van der Waals surface area contributed by atoms with Crippen LogP contribution in [-0.4, -0.2) is 31.0 Å². The number of nitrogens with zero attached hydrogens (tertiary/aromatic N) is 1. The summed E-state index contributed by atoms with van der Waals surface area (Å²) in [6.45, 7) is 4.54. The predicted octanol–water partition coefficient (Wildman–Crippen LogP) is 4.44. The number of hydrogen-bond acceptors (Lipinski definition) is 3. The van der Waals surface area contributed by atoms with Gasteiger partial charge < -0.3 is 10.1 Å². The summed E-state index contributed by atoms with van der Waals surface area (Å²) in [5.41, 5.74) is 2.11. The second kappa shape index (κ2) is 9.25. The van der Waals surface area contributed by atoms with E-state index in [4.69, 9.17) is 16.3 Å². The number of carbonyl (C=O) groups is 1. The minimum atomic E-state index is -0.0902. The van der Waals surface area contributed by atoms with Crippen molar-refractivity contribution < 1.29 is 9.53 Å². The maximum atomic E-state index is 12.8. The number of halogens is 1. The molecule has 144 valence electrons. The molecule has 1 N–H and O–H groups in total. The highest BCUT2D eigenvalue weighted by Crippen LogP contribution is 2.26. The van der Waals surface area contributed by atoms with Crippen LogP contribution in [-0.2, 0) is 11.3 Å². The van der Waals surface area contributed by atoms with Crippen molar-refractivity contribution in [1.29, 1.82) is 0 Å². The molecular formula is C22H27ClN2O2. The first-order chi connectivity index (χ1) is 13.1. The van der Waals surface area contributed by atoms with Gasteiger partial charge in [-0.25, -0.2) is 0 Å². The summed E-state index contributed by atoms with van der Waals surface area (Å²) in [5, 5.41) is 3.95. The highest BCUT2D eigenvalue weighted by Gasteiger charge is 2.27. The lowest BCUT2D eigenvalue weighted by Crippen LogP contribution is -2.43. The van der Waals surface area contributed by atoms with E-state index in [0.29, 0.717) is 0 Å². The number of hydrogen-bond donors (Lipinski definition) is 1. The molecule has 0 spiro atoms. The Balaban J connectivity index is 1.60. The molecule has 0 aromatic heterocycles. The summed E-state index contributed by atoms with van der Waals surface area (Å²) in [6, 6.07) is 15.6. The van der Waals surface area contributed by atoms with Crippen LogP contribution in [0.1, 0.15) is 36.9 Å². The van der Waals surface area contributed by atoms with Crippen molar-refractivity contribution in [1.82, 2.24) is 10.2 Å². The smallest absolute Gasteiger partial charge is 0.224 e. The minimum absolute atomic E-state index is 0.00149. The summed E-state index contributed by atoms with van der Waals surface area (Å²) in [7, 11) is 1.65. The number of amides is 1. The Morgan fingerprint density at radius 3 is 2.78 bits per heavy atom. The standard InChI is InChI=1S/C22H27ClN2O2/c1-16(19-10-4-6-12-21(19)27-2)24-22(26)18-9-7-13-25(15-18)14-17-8-3-5-11-20(17)23/h3-6,8,10-12,16,18H,7,9,13-15H2,1-2H3,(H,24,26)/t16-,18+/m1/s1. The second-order valence-electron chi connectivity index (χ2n) is 7.14. The van der Waals surface area contributed by atoms with E-state index < -0.39 is 0 Å². The quantitative estimate of drug-likeness (QED) is 0.798. The molecule has 1 aliphatic rings. The number of nitrogens with one attached hydrogen (secondary N) is 1. The molecule has 0 saturated carbocycles. The van der Waals surface area contributed by atoms with E-state index in [2.05, 4.69) is 16.3 Å². The molecule has 0 aliphatic carbocycles. The molecule has 0 radical (unpaired) electrons. The van der Waals surface area contributed by atoms with E-state index >= 15 is 0 Å². The molecule has 1 fully saturated rings. The lowest BCUT2D eigenvalue weighted by atomic mass is 9.95. The van der Waals surface area contributed by atoms with Gasteiger partial charge in [0, 0.05) is 23.7 Å². The lowest BCUT2D eigenvalue weighted by molar-refractivity contribution is -0.127. The molecule has 2 aromatic carbocycles. The van der Waals surface area contributed by atoms with Crippen LogP contribution in [0.3, 0.4) is 0 Å². The normalized spacial score (nSPS) is 18.7. The van der Waals surface area contributed by atoms with Gasteiger partial charge in [0.25, 0.3) is 0 Å². The molecule has 1 aliphatic heterocycles. The first-order valence-electron chi connectivity index (χ1n) is 9.47. The zero-order valence-corrected chi connectivity index (χ0v) is 16.7. The van der Waals surface area contributed by atoms with Crippen molar-refractivity contribution in [3.8, 4) is 5.75 Å². The van der Waals surface area contributed by atoms with Crippen LogP contribution in [0.25, 0.3) is 0 Å². The molecule has 3 rings (SSSR count). The summed E-state index contributed by atoms with van der Waals surface area (Å²) < 4.78 is 5.42. The number of para-hydroxylation sites is 1. The topological polar surface area (TPSA) is 41.6 Å². The van der Waals surface area contributed by atoms with Gasteiger partial charge in [-0.3, -0.25) is 9.69 Å². The number of likely N-dealkylation sites (tertiary alicyclic amines) is 1. The van der Waals surface area contributed by atoms with Gasteiger partial charge in [0.1, 0.15) is 5.75 Å². The van der Waals surface area contributed by atoms with E-state index in [1.807, 2.05) is 49.4 Å². The van der Waals surface area contributed by atoms with Crippen LogP contribution >= 0.6 is 11.6 Å². The van der Waals surface area contributed by atoms with Crippen LogP contribution in [0.15, 0.2) is 48.5 Å². The van der Waals surface area contributed by atoms with Gasteiger partial charge in [-0.05, 0) is 44.0 Å². The zero-order chi connectivity index (χ0) is 19.2. The van der Waals surface area contributed by atoms with Crippen molar-refractivity contribution in [3.05, 3.63) is 64.7 Å². The summed E-state index contributed by atoms with van der Waals surface area (Å²) in [4.78, 5) is 15.2. The van der Waals surface area contributed by atoms with Crippen LogP contribution in [0.5, 0.6) is 5.75 Å². The molecule has 2 atom stereocenters. The molecule has 5 heteroatoms. The van der Waals surface area contributed by atoms with Crippen molar-refractivity contribution in [2.24, 2.45) is 5.92 Å². The number of piperidine rings is 1. The Kier molecular flexibility index (Phi) is 6.75. The second-order valence-corrected chi connectivity index (χ2v) is 7.55. The van der Waals surface area contributed by atoms with Gasteiger partial charge in [-0.15, -0.1) is 0 Å². The molecule has 1 saturated heterocycles. The maximum absolute atomic E-state index is 12.8. The van der Waals surface area contributed by atoms with Crippen molar-refractivity contribution in [2.45, 2.75) is 32.4 Å². The first kappa shape index (κ1) is 19.7. The summed E-state index contributed by atoms with van der Waals surface area (Å²) >= 11 is 6.29.